The van der Waals surface area contributed by atoms with Crippen LogP contribution in [0.25, 0.3) is 0 Å². The van der Waals surface area contributed by atoms with Crippen molar-refractivity contribution in [2.75, 3.05) is 50.0 Å². The Bertz CT molecular complexity index is 716. The van der Waals surface area contributed by atoms with Crippen molar-refractivity contribution in [1.82, 2.24) is 14.9 Å². The van der Waals surface area contributed by atoms with Gasteiger partial charge in [0.05, 0.1) is 13.2 Å². The fourth-order valence-corrected chi connectivity index (χ4v) is 2.64. The van der Waals surface area contributed by atoms with Crippen molar-refractivity contribution in [3.8, 4) is 0 Å². The summed E-state index contributed by atoms with van der Waals surface area (Å²) in [5, 5.41) is 6.03. The number of anilines is 2. The number of amides is 1. The topological polar surface area (TPSA) is 79.4 Å². The van der Waals surface area contributed by atoms with Gasteiger partial charge in [-0.25, -0.2) is 9.97 Å². The van der Waals surface area contributed by atoms with Crippen LogP contribution in [0.4, 0.5) is 11.6 Å². The van der Waals surface area contributed by atoms with Crippen molar-refractivity contribution in [3.63, 3.8) is 0 Å². The molecule has 1 saturated heterocycles. The predicted octanol–water partition coefficient (Wildman–Crippen LogP) is 1.78. The molecule has 0 aliphatic carbocycles. The van der Waals surface area contributed by atoms with Crippen molar-refractivity contribution in [2.24, 2.45) is 0 Å². The number of hydrogen-bond donors (Lipinski definition) is 2. The van der Waals surface area contributed by atoms with Crippen molar-refractivity contribution in [2.45, 2.75) is 6.92 Å². The SMILES string of the molecule is Cc1cccc(NC(=O)c2ccnc(NCCN3CCOCC3)n2)c1. The van der Waals surface area contributed by atoms with Gasteiger partial charge in [-0.15, -0.1) is 0 Å². The van der Waals surface area contributed by atoms with Gasteiger partial charge in [0.1, 0.15) is 5.69 Å². The standard InChI is InChI=1S/C18H23N5O2/c1-14-3-2-4-15(13-14)21-17(24)16-5-6-19-18(22-16)20-7-8-23-9-11-25-12-10-23/h2-6,13H,7-12H2,1H3,(H,21,24)(H,19,20,22). The van der Waals surface area contributed by atoms with Crippen molar-refractivity contribution in [1.29, 1.82) is 0 Å². The minimum absolute atomic E-state index is 0.246. The molecular formula is C18H23N5O2. The molecule has 1 aromatic carbocycles. The van der Waals surface area contributed by atoms with E-state index >= 15 is 0 Å². The summed E-state index contributed by atoms with van der Waals surface area (Å²) in [4.78, 5) is 23.1. The number of carbonyl (C=O) groups excluding carboxylic acids is 1. The van der Waals surface area contributed by atoms with Crippen LogP contribution in [0.2, 0.25) is 0 Å². The van der Waals surface area contributed by atoms with Crippen LogP contribution in [-0.2, 0) is 4.74 Å². The molecule has 132 valence electrons. The smallest absolute Gasteiger partial charge is 0.274 e. The highest BCUT2D eigenvalue weighted by atomic mass is 16.5. The summed E-state index contributed by atoms with van der Waals surface area (Å²) in [7, 11) is 0. The molecule has 1 aliphatic rings. The van der Waals surface area contributed by atoms with Gasteiger partial charge in [0.25, 0.3) is 5.91 Å². The van der Waals surface area contributed by atoms with Gasteiger partial charge in [-0.1, -0.05) is 12.1 Å². The van der Waals surface area contributed by atoms with Gasteiger partial charge >= 0.3 is 0 Å². The average Bonchev–Trinajstić information content (AvgIpc) is 2.63. The van der Waals surface area contributed by atoms with E-state index in [0.717, 1.165) is 50.6 Å². The quantitative estimate of drug-likeness (QED) is 0.834. The lowest BCUT2D eigenvalue weighted by Gasteiger charge is -2.26. The van der Waals surface area contributed by atoms with Crippen molar-refractivity contribution >= 4 is 17.5 Å². The molecular weight excluding hydrogens is 318 g/mol. The molecule has 0 radical (unpaired) electrons. The first-order valence-corrected chi connectivity index (χ1v) is 8.46. The van der Waals surface area contributed by atoms with E-state index < -0.39 is 0 Å². The van der Waals surface area contributed by atoms with Gasteiger partial charge in [-0.2, -0.15) is 0 Å². The Morgan fingerprint density at radius 1 is 1.28 bits per heavy atom. The zero-order chi connectivity index (χ0) is 17.5. The Hall–Kier alpha value is -2.51. The van der Waals surface area contributed by atoms with E-state index in [-0.39, 0.29) is 5.91 Å². The minimum atomic E-state index is -0.246. The van der Waals surface area contributed by atoms with Crippen molar-refractivity contribution in [3.05, 3.63) is 47.8 Å². The highest BCUT2D eigenvalue weighted by molar-refractivity contribution is 6.02. The molecule has 1 aromatic heterocycles. The molecule has 1 amide bonds. The number of morpholine rings is 1. The third-order valence-electron chi connectivity index (χ3n) is 3.98. The maximum absolute atomic E-state index is 12.3. The van der Waals surface area contributed by atoms with Crippen LogP contribution >= 0.6 is 0 Å². The van der Waals surface area contributed by atoms with Crippen LogP contribution < -0.4 is 10.6 Å². The van der Waals surface area contributed by atoms with Crippen LogP contribution in [0, 0.1) is 6.92 Å². The number of ether oxygens (including phenoxy) is 1. The molecule has 2 heterocycles. The summed E-state index contributed by atoms with van der Waals surface area (Å²) in [6, 6.07) is 9.27. The third-order valence-corrected chi connectivity index (χ3v) is 3.98. The van der Waals surface area contributed by atoms with Crippen LogP contribution in [0.15, 0.2) is 36.5 Å². The molecule has 0 atom stereocenters. The van der Waals surface area contributed by atoms with Gasteiger partial charge in [0.2, 0.25) is 5.95 Å². The zero-order valence-corrected chi connectivity index (χ0v) is 14.4. The number of nitrogens with zero attached hydrogens (tertiary/aromatic N) is 3. The third kappa shape index (κ3) is 5.23. The monoisotopic (exact) mass is 341 g/mol. The highest BCUT2D eigenvalue weighted by Crippen LogP contribution is 2.11. The second-order valence-corrected chi connectivity index (χ2v) is 5.97. The van der Waals surface area contributed by atoms with Crippen LogP contribution in [0.5, 0.6) is 0 Å². The Kier molecular flexibility index (Phi) is 5.92. The van der Waals surface area contributed by atoms with Gasteiger partial charge in [-0.3, -0.25) is 9.69 Å². The lowest BCUT2D eigenvalue weighted by molar-refractivity contribution is 0.0398. The number of aryl methyl sites for hydroxylation is 1. The second kappa shape index (κ2) is 8.55. The molecule has 1 aliphatic heterocycles. The molecule has 7 nitrogen and oxygen atoms in total. The first kappa shape index (κ1) is 17.3. The Balaban J connectivity index is 1.54. The van der Waals surface area contributed by atoms with Crippen LogP contribution in [-0.4, -0.2) is 60.2 Å². The summed E-state index contributed by atoms with van der Waals surface area (Å²) in [5.41, 5.74) is 2.18. The zero-order valence-electron chi connectivity index (χ0n) is 14.4. The lowest BCUT2D eigenvalue weighted by atomic mass is 10.2. The first-order valence-electron chi connectivity index (χ1n) is 8.46. The molecule has 25 heavy (non-hydrogen) atoms. The lowest BCUT2D eigenvalue weighted by Crippen LogP contribution is -2.39. The average molecular weight is 341 g/mol. The van der Waals surface area contributed by atoms with E-state index in [0.29, 0.717) is 11.6 Å². The normalized spacial score (nSPS) is 14.9. The van der Waals surface area contributed by atoms with Gasteiger partial charge in [-0.05, 0) is 30.7 Å². The summed E-state index contributed by atoms with van der Waals surface area (Å²) in [5.74, 6) is 0.217. The molecule has 7 heteroatoms. The number of benzene rings is 1. The number of aromatic nitrogens is 2. The molecule has 2 N–H and O–H groups in total. The van der Waals surface area contributed by atoms with E-state index in [1.807, 2.05) is 31.2 Å². The number of nitrogens with one attached hydrogen (secondary N) is 2. The van der Waals surface area contributed by atoms with E-state index in [2.05, 4.69) is 25.5 Å². The molecule has 0 unspecified atom stereocenters. The summed E-state index contributed by atoms with van der Waals surface area (Å²) >= 11 is 0. The Morgan fingerprint density at radius 3 is 2.92 bits per heavy atom. The molecule has 1 fully saturated rings. The molecule has 3 rings (SSSR count). The largest absolute Gasteiger partial charge is 0.379 e. The fourth-order valence-electron chi connectivity index (χ4n) is 2.64. The highest BCUT2D eigenvalue weighted by Gasteiger charge is 2.11. The molecule has 0 saturated carbocycles. The maximum atomic E-state index is 12.3. The maximum Gasteiger partial charge on any atom is 0.274 e. The molecule has 0 spiro atoms. The number of carbonyl (C=O) groups is 1. The van der Waals surface area contributed by atoms with Gasteiger partial charge in [0.15, 0.2) is 0 Å². The predicted molar refractivity (Wildman–Crippen MR) is 96.9 cm³/mol. The summed E-state index contributed by atoms with van der Waals surface area (Å²) in [6.45, 7) is 7.06. The minimum Gasteiger partial charge on any atom is -0.379 e. The second-order valence-electron chi connectivity index (χ2n) is 5.97. The van der Waals surface area contributed by atoms with E-state index in [9.17, 15) is 4.79 Å². The summed E-state index contributed by atoms with van der Waals surface area (Å²) in [6.07, 6.45) is 1.59. The van der Waals surface area contributed by atoms with Crippen LogP contribution in [0.3, 0.4) is 0 Å². The Labute approximate surface area is 147 Å². The fraction of sp³-hybridized carbons (Fsp3) is 0.389. The van der Waals surface area contributed by atoms with Crippen molar-refractivity contribution < 1.29 is 9.53 Å². The van der Waals surface area contributed by atoms with Gasteiger partial charge in [0, 0.05) is 38.1 Å². The number of rotatable bonds is 6. The number of hydrogen-bond acceptors (Lipinski definition) is 6. The molecule has 2 aromatic rings. The first-order chi connectivity index (χ1) is 12.2. The van der Waals surface area contributed by atoms with E-state index in [1.54, 1.807) is 12.3 Å². The summed E-state index contributed by atoms with van der Waals surface area (Å²) < 4.78 is 5.33. The van der Waals surface area contributed by atoms with E-state index in [4.69, 9.17) is 4.74 Å². The Morgan fingerprint density at radius 2 is 2.12 bits per heavy atom. The van der Waals surface area contributed by atoms with E-state index in [1.165, 1.54) is 0 Å². The van der Waals surface area contributed by atoms with Gasteiger partial charge < -0.3 is 15.4 Å². The molecule has 0 bridgehead atoms. The van der Waals surface area contributed by atoms with Crippen LogP contribution in [0.1, 0.15) is 16.1 Å².